The Morgan fingerprint density at radius 3 is 3.09 bits per heavy atom. The Morgan fingerprint density at radius 2 is 2.30 bits per heavy atom. The van der Waals surface area contributed by atoms with Gasteiger partial charge >= 0.3 is 0 Å². The minimum Gasteiger partial charge on any atom is -0.363 e. The maximum Gasteiger partial charge on any atom is 0.274 e. The summed E-state index contributed by atoms with van der Waals surface area (Å²) < 4.78 is 4.96. The predicted octanol–water partition coefficient (Wildman–Crippen LogP) is 2.67. The zero-order valence-corrected chi connectivity index (χ0v) is 13.1. The number of nitrogens with one attached hydrogen (secondary N) is 1. The number of hydrogen-bond donors (Lipinski definition) is 1. The second-order valence-electron chi connectivity index (χ2n) is 5.36. The third kappa shape index (κ3) is 3.15. The maximum absolute atomic E-state index is 12.4. The number of halogens is 1. The maximum atomic E-state index is 12.4. The van der Waals surface area contributed by atoms with E-state index in [2.05, 4.69) is 16.7 Å². The van der Waals surface area contributed by atoms with Gasteiger partial charge in [-0.1, -0.05) is 35.0 Å². The molecule has 1 aliphatic rings. The predicted molar refractivity (Wildman–Crippen MR) is 84.6 cm³/mol. The normalized spacial score (nSPS) is 17.0. The third-order valence-corrected chi connectivity index (χ3v) is 4.28. The number of carbonyl (C=O) groups is 1. The number of likely N-dealkylation sites (tertiary alicyclic amines) is 1. The molecule has 23 heavy (non-hydrogen) atoms. The van der Waals surface area contributed by atoms with E-state index in [0.717, 1.165) is 19.4 Å². The minimum absolute atomic E-state index is 0.0413. The minimum atomic E-state index is -0.335. The average molecular weight is 331 g/mol. The van der Waals surface area contributed by atoms with E-state index in [0.29, 0.717) is 22.7 Å². The first-order chi connectivity index (χ1) is 11.2. The van der Waals surface area contributed by atoms with Gasteiger partial charge in [0.05, 0.1) is 11.6 Å². The van der Waals surface area contributed by atoms with Crippen LogP contribution in [-0.2, 0) is 0 Å². The van der Waals surface area contributed by atoms with Crippen molar-refractivity contribution in [2.24, 2.45) is 0 Å². The lowest BCUT2D eigenvalue weighted by atomic mass is 10.1. The Balaban J connectivity index is 1.73. The molecule has 1 amide bonds. The lowest BCUT2D eigenvalue weighted by Crippen LogP contribution is -2.38. The molecule has 1 N–H and O–H groups in total. The van der Waals surface area contributed by atoms with E-state index in [4.69, 9.17) is 21.4 Å². The molecule has 0 unspecified atom stereocenters. The van der Waals surface area contributed by atoms with Gasteiger partial charge in [-0.3, -0.25) is 4.79 Å². The number of carbonyl (C=O) groups excluding carboxylic acids is 1. The zero-order chi connectivity index (χ0) is 16.2. The molecule has 1 fully saturated rings. The van der Waals surface area contributed by atoms with E-state index >= 15 is 0 Å². The lowest BCUT2D eigenvalue weighted by Gasteiger charge is -2.18. The quantitative estimate of drug-likeness (QED) is 0.871. The number of nitrogens with zero attached hydrogens (tertiary/aromatic N) is 3. The van der Waals surface area contributed by atoms with Crippen molar-refractivity contribution in [3.05, 3.63) is 41.2 Å². The molecule has 2 aromatic rings. The highest BCUT2D eigenvalue weighted by atomic mass is 35.5. The molecule has 6 nitrogen and oxygen atoms in total. The first-order valence-electron chi connectivity index (χ1n) is 7.34. The fraction of sp³-hybridized carbons (Fsp3) is 0.312. The Kier molecular flexibility index (Phi) is 4.49. The van der Waals surface area contributed by atoms with Crippen molar-refractivity contribution < 1.29 is 9.32 Å². The van der Waals surface area contributed by atoms with Gasteiger partial charge in [0.25, 0.3) is 5.91 Å². The van der Waals surface area contributed by atoms with Crippen LogP contribution in [0.2, 0.25) is 5.02 Å². The largest absolute Gasteiger partial charge is 0.363 e. The van der Waals surface area contributed by atoms with Gasteiger partial charge in [-0.15, -0.1) is 0 Å². The molecule has 3 rings (SSSR count). The van der Waals surface area contributed by atoms with Crippen LogP contribution in [0.5, 0.6) is 0 Å². The lowest BCUT2D eigenvalue weighted by molar-refractivity contribution is 0.0937. The average Bonchev–Trinajstić information content (AvgIpc) is 3.21. The van der Waals surface area contributed by atoms with Crippen molar-refractivity contribution in [2.45, 2.75) is 18.9 Å². The summed E-state index contributed by atoms with van der Waals surface area (Å²) >= 11 is 6.17. The Bertz CT molecular complexity index is 753. The van der Waals surface area contributed by atoms with Gasteiger partial charge < -0.3 is 14.7 Å². The molecule has 1 atom stereocenters. The van der Waals surface area contributed by atoms with Gasteiger partial charge in [-0.2, -0.15) is 5.26 Å². The number of benzene rings is 1. The number of rotatable bonds is 4. The van der Waals surface area contributed by atoms with Crippen molar-refractivity contribution in [1.29, 1.82) is 5.26 Å². The highest BCUT2D eigenvalue weighted by molar-refractivity contribution is 6.33. The molecular formula is C16H15ClN4O2. The van der Waals surface area contributed by atoms with E-state index in [1.807, 2.05) is 12.1 Å². The van der Waals surface area contributed by atoms with Crippen LogP contribution in [-0.4, -0.2) is 35.1 Å². The number of nitriles is 1. The Morgan fingerprint density at radius 1 is 1.48 bits per heavy atom. The van der Waals surface area contributed by atoms with Crippen LogP contribution in [0.4, 0.5) is 0 Å². The summed E-state index contributed by atoms with van der Waals surface area (Å²) in [7, 11) is 0. The van der Waals surface area contributed by atoms with Gasteiger partial charge in [0.15, 0.2) is 11.9 Å². The van der Waals surface area contributed by atoms with E-state index in [1.165, 1.54) is 6.26 Å². The molecule has 0 radical (unpaired) electrons. The molecule has 0 aliphatic carbocycles. The smallest absolute Gasteiger partial charge is 0.274 e. The summed E-state index contributed by atoms with van der Waals surface area (Å²) in [4.78, 5) is 14.1. The third-order valence-electron chi connectivity index (χ3n) is 3.95. The van der Waals surface area contributed by atoms with Crippen molar-refractivity contribution in [3.63, 3.8) is 0 Å². The van der Waals surface area contributed by atoms with Crippen molar-refractivity contribution in [3.8, 4) is 17.3 Å². The molecule has 1 aromatic carbocycles. The summed E-state index contributed by atoms with van der Waals surface area (Å²) in [6.45, 7) is 1.15. The summed E-state index contributed by atoms with van der Waals surface area (Å²) in [6.07, 6.45) is 5.41. The monoisotopic (exact) mass is 330 g/mol. The molecule has 0 spiro atoms. The number of amides is 1. The molecule has 7 heteroatoms. The van der Waals surface area contributed by atoms with Crippen molar-refractivity contribution >= 4 is 17.5 Å². The number of aromatic nitrogens is 1. The topological polar surface area (TPSA) is 82.2 Å². The molecule has 1 aromatic heterocycles. The van der Waals surface area contributed by atoms with Gasteiger partial charge in [0.1, 0.15) is 6.26 Å². The van der Waals surface area contributed by atoms with Gasteiger partial charge in [0, 0.05) is 23.7 Å². The SMILES string of the molecule is N#CN1CCC[C@@H]1CNC(=O)c1nocc1-c1ccccc1Cl. The summed E-state index contributed by atoms with van der Waals surface area (Å²) in [5.74, 6) is -0.335. The van der Waals surface area contributed by atoms with E-state index in [-0.39, 0.29) is 17.6 Å². The van der Waals surface area contributed by atoms with Gasteiger partial charge in [0.2, 0.25) is 0 Å². The van der Waals surface area contributed by atoms with E-state index in [1.54, 1.807) is 17.0 Å². The van der Waals surface area contributed by atoms with Crippen molar-refractivity contribution in [1.82, 2.24) is 15.4 Å². The van der Waals surface area contributed by atoms with Crippen LogP contribution in [0, 0.1) is 11.5 Å². The second kappa shape index (κ2) is 6.71. The summed E-state index contributed by atoms with van der Waals surface area (Å²) in [5.41, 5.74) is 1.44. The van der Waals surface area contributed by atoms with Gasteiger partial charge in [-0.25, -0.2) is 0 Å². The molecule has 1 saturated heterocycles. The molecule has 0 saturated carbocycles. The van der Waals surface area contributed by atoms with Gasteiger partial charge in [-0.05, 0) is 18.9 Å². The molecule has 0 bridgehead atoms. The van der Waals surface area contributed by atoms with Crippen LogP contribution < -0.4 is 5.32 Å². The van der Waals surface area contributed by atoms with E-state index < -0.39 is 0 Å². The zero-order valence-electron chi connectivity index (χ0n) is 12.3. The van der Waals surface area contributed by atoms with Crippen molar-refractivity contribution in [2.75, 3.05) is 13.1 Å². The highest BCUT2D eigenvalue weighted by Gasteiger charge is 2.25. The second-order valence-corrected chi connectivity index (χ2v) is 5.76. The van der Waals surface area contributed by atoms with Crippen LogP contribution in [0.1, 0.15) is 23.3 Å². The van der Waals surface area contributed by atoms with Crippen LogP contribution in [0.15, 0.2) is 35.1 Å². The fourth-order valence-corrected chi connectivity index (χ4v) is 2.98. The summed E-state index contributed by atoms with van der Waals surface area (Å²) in [6, 6.07) is 7.24. The van der Waals surface area contributed by atoms with Crippen LogP contribution in [0.25, 0.3) is 11.1 Å². The molecule has 118 valence electrons. The summed E-state index contributed by atoms with van der Waals surface area (Å²) in [5, 5.41) is 16.2. The molecular weight excluding hydrogens is 316 g/mol. The Hall–Kier alpha value is -2.52. The molecule has 1 aliphatic heterocycles. The standard InChI is InChI=1S/C16H15ClN4O2/c17-14-6-2-1-5-12(14)13-9-23-20-15(13)16(22)19-8-11-4-3-7-21(11)10-18/h1-2,5-6,9,11H,3-4,7-8H2,(H,19,22)/t11-/m1/s1. The fourth-order valence-electron chi connectivity index (χ4n) is 2.75. The first-order valence-corrected chi connectivity index (χ1v) is 7.72. The number of hydrogen-bond acceptors (Lipinski definition) is 5. The van der Waals surface area contributed by atoms with Crippen LogP contribution >= 0.6 is 11.6 Å². The molecule has 2 heterocycles. The first kappa shape index (κ1) is 15.4. The Labute approximate surface area is 138 Å². The highest BCUT2D eigenvalue weighted by Crippen LogP contribution is 2.29. The van der Waals surface area contributed by atoms with Crippen LogP contribution in [0.3, 0.4) is 0 Å². The van der Waals surface area contributed by atoms with E-state index in [9.17, 15) is 4.79 Å².